The fraction of sp³-hybridized carbons (Fsp3) is 0.389. The number of rotatable bonds is 1. The summed E-state index contributed by atoms with van der Waals surface area (Å²) in [5.41, 5.74) is 1.21. The molecule has 1 fully saturated rings. The minimum absolute atomic E-state index is 0.235. The Labute approximate surface area is 127 Å². The van der Waals surface area contributed by atoms with E-state index < -0.39 is 0 Å². The zero-order valence-corrected chi connectivity index (χ0v) is 13.4. The Hall–Kier alpha value is -1.74. The van der Waals surface area contributed by atoms with Crippen molar-refractivity contribution in [3.8, 4) is 11.3 Å². The van der Waals surface area contributed by atoms with Crippen LogP contribution in [0.3, 0.4) is 0 Å². The van der Waals surface area contributed by atoms with Crippen molar-refractivity contribution in [3.05, 3.63) is 54.5 Å². The molecule has 0 aliphatic heterocycles. The predicted molar refractivity (Wildman–Crippen MR) is 87.5 cm³/mol. The topological polar surface area (TPSA) is 33.1 Å². The second-order valence-electron chi connectivity index (χ2n) is 4.38. The molecule has 0 amide bonds. The average Bonchev–Trinajstić information content (AvgIpc) is 3.35. The van der Waals surface area contributed by atoms with Gasteiger partial charge in [-0.05, 0) is 30.2 Å². The highest BCUT2D eigenvalue weighted by Gasteiger charge is 2.12. The molecule has 2 aromatic rings. The van der Waals surface area contributed by atoms with E-state index in [1.54, 1.807) is 30.5 Å². The lowest BCUT2D eigenvalue weighted by Crippen LogP contribution is -1.85. The molecule has 0 saturated heterocycles. The SMILES string of the molecule is CC.CC1CC1.CO.Fc1ccccc1-c1ccccn1. The lowest BCUT2D eigenvalue weighted by atomic mass is 10.1. The summed E-state index contributed by atoms with van der Waals surface area (Å²) in [6, 6.07) is 12.1. The number of aromatic nitrogens is 1. The summed E-state index contributed by atoms with van der Waals surface area (Å²) in [5, 5.41) is 7.00. The van der Waals surface area contributed by atoms with E-state index in [4.69, 9.17) is 5.11 Å². The number of aliphatic hydroxyl groups excluding tert-OH is 1. The maximum atomic E-state index is 13.2. The van der Waals surface area contributed by atoms with Gasteiger partial charge in [0.2, 0.25) is 0 Å². The molecule has 0 atom stereocenters. The highest BCUT2D eigenvalue weighted by molar-refractivity contribution is 5.59. The van der Waals surface area contributed by atoms with Gasteiger partial charge >= 0.3 is 0 Å². The molecule has 1 aromatic carbocycles. The van der Waals surface area contributed by atoms with Gasteiger partial charge in [-0.15, -0.1) is 0 Å². The molecule has 1 heterocycles. The molecular weight excluding hydrogens is 265 g/mol. The Morgan fingerprint density at radius 1 is 1.00 bits per heavy atom. The summed E-state index contributed by atoms with van der Waals surface area (Å²) < 4.78 is 13.2. The molecule has 0 unspecified atom stereocenters. The number of halogens is 1. The molecule has 0 bridgehead atoms. The van der Waals surface area contributed by atoms with Crippen molar-refractivity contribution in [2.75, 3.05) is 7.11 Å². The number of hydrogen-bond acceptors (Lipinski definition) is 2. The highest BCUT2D eigenvalue weighted by atomic mass is 19.1. The highest BCUT2D eigenvalue weighted by Crippen LogP contribution is 2.26. The van der Waals surface area contributed by atoms with Crippen LogP contribution < -0.4 is 0 Å². The van der Waals surface area contributed by atoms with Crippen molar-refractivity contribution >= 4 is 0 Å². The number of nitrogens with zero attached hydrogens (tertiary/aromatic N) is 1. The molecule has 116 valence electrons. The first-order chi connectivity index (χ1) is 10.3. The first kappa shape index (κ1) is 19.3. The van der Waals surface area contributed by atoms with Gasteiger partial charge in [0.25, 0.3) is 0 Å². The van der Waals surface area contributed by atoms with E-state index in [9.17, 15) is 4.39 Å². The average molecular weight is 291 g/mol. The molecule has 0 radical (unpaired) electrons. The van der Waals surface area contributed by atoms with Crippen LogP contribution >= 0.6 is 0 Å². The Morgan fingerprint density at radius 2 is 1.52 bits per heavy atom. The Bertz CT molecular complexity index is 470. The third kappa shape index (κ3) is 8.20. The van der Waals surface area contributed by atoms with Crippen LogP contribution in [-0.2, 0) is 0 Å². The largest absolute Gasteiger partial charge is 0.400 e. The van der Waals surface area contributed by atoms with E-state index in [-0.39, 0.29) is 5.82 Å². The van der Waals surface area contributed by atoms with Gasteiger partial charge in [-0.25, -0.2) is 4.39 Å². The fourth-order valence-corrected chi connectivity index (χ4v) is 1.36. The van der Waals surface area contributed by atoms with Crippen LogP contribution in [0.2, 0.25) is 0 Å². The normalized spacial score (nSPS) is 11.7. The number of hydrogen-bond donors (Lipinski definition) is 1. The van der Waals surface area contributed by atoms with Crippen molar-refractivity contribution < 1.29 is 9.50 Å². The molecular formula is C18H26FNO. The van der Waals surface area contributed by atoms with Crippen molar-refractivity contribution in [1.29, 1.82) is 0 Å². The molecule has 1 aliphatic rings. The van der Waals surface area contributed by atoms with Gasteiger partial charge in [-0.1, -0.05) is 51.8 Å². The van der Waals surface area contributed by atoms with Gasteiger partial charge in [-0.3, -0.25) is 4.98 Å². The molecule has 0 spiro atoms. The van der Waals surface area contributed by atoms with Gasteiger partial charge in [0.05, 0.1) is 5.69 Å². The molecule has 2 nitrogen and oxygen atoms in total. The quantitative estimate of drug-likeness (QED) is 0.807. The van der Waals surface area contributed by atoms with Crippen LogP contribution in [0, 0.1) is 11.7 Å². The minimum atomic E-state index is -0.235. The van der Waals surface area contributed by atoms with Crippen LogP contribution in [0.5, 0.6) is 0 Å². The summed E-state index contributed by atoms with van der Waals surface area (Å²) in [4.78, 5) is 4.07. The fourth-order valence-electron chi connectivity index (χ4n) is 1.36. The van der Waals surface area contributed by atoms with Gasteiger partial charge in [0, 0.05) is 18.9 Å². The minimum Gasteiger partial charge on any atom is -0.400 e. The zero-order chi connectivity index (χ0) is 16.1. The van der Waals surface area contributed by atoms with Crippen LogP contribution in [0.1, 0.15) is 33.6 Å². The third-order valence-electron chi connectivity index (χ3n) is 2.68. The Morgan fingerprint density at radius 3 is 1.95 bits per heavy atom. The standard InChI is InChI=1S/C11H8FN.C4H8.C2H6.CH4O/c12-10-6-2-1-5-9(10)11-7-3-4-8-13-11;1-4-2-3-4;2*1-2/h1-8H;4H,2-3H2,1H3;1-2H3;2H,1H3. The van der Waals surface area contributed by atoms with Crippen LogP contribution in [0.15, 0.2) is 48.7 Å². The number of aliphatic hydroxyl groups is 1. The molecule has 21 heavy (non-hydrogen) atoms. The van der Waals surface area contributed by atoms with Gasteiger partial charge in [-0.2, -0.15) is 0 Å². The van der Waals surface area contributed by atoms with Crippen molar-refractivity contribution in [3.63, 3.8) is 0 Å². The van der Waals surface area contributed by atoms with Crippen molar-refractivity contribution in [1.82, 2.24) is 4.98 Å². The van der Waals surface area contributed by atoms with Gasteiger partial charge in [0.1, 0.15) is 5.82 Å². The van der Waals surface area contributed by atoms with Crippen LogP contribution in [0.25, 0.3) is 11.3 Å². The molecule has 3 heteroatoms. The first-order valence-electron chi connectivity index (χ1n) is 7.38. The van der Waals surface area contributed by atoms with E-state index in [1.165, 1.54) is 18.9 Å². The maximum Gasteiger partial charge on any atom is 0.132 e. The summed E-state index contributed by atoms with van der Waals surface area (Å²) in [6.07, 6.45) is 4.63. The summed E-state index contributed by atoms with van der Waals surface area (Å²) >= 11 is 0. The Kier molecular flexibility index (Phi) is 11.0. The molecule has 3 rings (SSSR count). The second-order valence-corrected chi connectivity index (χ2v) is 4.38. The van der Waals surface area contributed by atoms with Crippen LogP contribution in [-0.4, -0.2) is 17.2 Å². The van der Waals surface area contributed by atoms with Gasteiger partial charge < -0.3 is 5.11 Å². The lowest BCUT2D eigenvalue weighted by molar-refractivity contribution is 0.399. The maximum absolute atomic E-state index is 13.2. The van der Waals surface area contributed by atoms with E-state index in [0.29, 0.717) is 11.3 Å². The third-order valence-corrected chi connectivity index (χ3v) is 2.68. The van der Waals surface area contributed by atoms with E-state index in [0.717, 1.165) is 13.0 Å². The molecule has 1 aromatic heterocycles. The Balaban J connectivity index is 0.000000418. The van der Waals surface area contributed by atoms with Crippen molar-refractivity contribution in [2.24, 2.45) is 5.92 Å². The lowest BCUT2D eigenvalue weighted by Gasteiger charge is -2.00. The van der Waals surface area contributed by atoms with E-state index in [2.05, 4.69) is 11.9 Å². The summed E-state index contributed by atoms with van der Waals surface area (Å²) in [5.74, 6) is 0.848. The smallest absolute Gasteiger partial charge is 0.132 e. The predicted octanol–water partition coefficient (Wildman–Crippen LogP) is 4.94. The van der Waals surface area contributed by atoms with Crippen molar-refractivity contribution in [2.45, 2.75) is 33.6 Å². The first-order valence-corrected chi connectivity index (χ1v) is 7.38. The molecule has 1 aliphatic carbocycles. The summed E-state index contributed by atoms with van der Waals surface area (Å²) in [6.45, 7) is 6.28. The van der Waals surface area contributed by atoms with Crippen LogP contribution in [0.4, 0.5) is 4.39 Å². The molecule has 1 N–H and O–H groups in total. The van der Waals surface area contributed by atoms with E-state index in [1.807, 2.05) is 26.0 Å². The zero-order valence-electron chi connectivity index (χ0n) is 13.4. The van der Waals surface area contributed by atoms with Gasteiger partial charge in [0.15, 0.2) is 0 Å². The second kappa shape index (κ2) is 12.0. The number of benzene rings is 1. The number of pyridine rings is 1. The van der Waals surface area contributed by atoms with E-state index >= 15 is 0 Å². The molecule has 1 saturated carbocycles. The summed E-state index contributed by atoms with van der Waals surface area (Å²) in [7, 11) is 1.00. The monoisotopic (exact) mass is 291 g/mol.